The maximum Gasteiger partial charge on any atom is 0.511 e. The molecule has 2 aliphatic rings. The molecule has 0 radical (unpaired) electrons. The molecule has 176 valence electrons. The van der Waals surface area contributed by atoms with E-state index in [-0.39, 0.29) is 30.5 Å². The average Bonchev–Trinajstić information content (AvgIpc) is 3.39. The number of halogens is 6. The molecule has 2 fully saturated rings. The smallest absolute Gasteiger partial charge is 0.327 e. The topological polar surface area (TPSA) is 75.4 Å². The van der Waals surface area contributed by atoms with Crippen LogP contribution in [0.5, 0.6) is 0 Å². The van der Waals surface area contributed by atoms with E-state index in [0.717, 1.165) is 18.9 Å². The lowest BCUT2D eigenvalue weighted by molar-refractivity contribution is -0.0449. The van der Waals surface area contributed by atoms with Crippen LogP contribution in [0.1, 0.15) is 37.7 Å². The number of sulfonamides is 1. The van der Waals surface area contributed by atoms with Crippen molar-refractivity contribution in [3.63, 3.8) is 0 Å². The van der Waals surface area contributed by atoms with Crippen molar-refractivity contribution in [1.82, 2.24) is 9.62 Å². The molecule has 3 N–H and O–H groups in total. The molecule has 12 heteroatoms. The Balaban J connectivity index is 1.65. The van der Waals surface area contributed by atoms with E-state index in [2.05, 4.69) is 0 Å². The van der Waals surface area contributed by atoms with E-state index in [9.17, 15) is 34.8 Å². The minimum Gasteiger partial charge on any atom is -0.327 e. The number of nitrogens with two attached hydrogens (primary N) is 1. The zero-order valence-corrected chi connectivity index (χ0v) is 17.5. The molecule has 1 aliphatic carbocycles. The van der Waals surface area contributed by atoms with Gasteiger partial charge in [-0.15, -0.1) is 0 Å². The zero-order valence-electron chi connectivity index (χ0n) is 16.6. The summed E-state index contributed by atoms with van der Waals surface area (Å²) in [7, 11) is -5.42. The van der Waals surface area contributed by atoms with Crippen molar-refractivity contribution in [2.24, 2.45) is 11.7 Å². The Hall–Kier alpha value is -1.37. The summed E-state index contributed by atoms with van der Waals surface area (Å²) in [6.45, 7) is 0.226. The summed E-state index contributed by atoms with van der Waals surface area (Å²) >= 11 is 0. The van der Waals surface area contributed by atoms with Gasteiger partial charge in [0.15, 0.2) is 11.6 Å². The Kier molecular flexibility index (Phi) is 7.24. The molecule has 31 heavy (non-hydrogen) atoms. The first kappa shape index (κ1) is 24.3. The SMILES string of the molecule is NC(Cc1cc(F)c(F)cc1F)CC(C1CC1)N1CCCC1CNS(=O)(=O)C(F)(F)F. The van der Waals surface area contributed by atoms with E-state index < -0.39 is 45.1 Å². The molecule has 1 aromatic rings. The highest BCUT2D eigenvalue weighted by Gasteiger charge is 2.47. The number of rotatable bonds is 9. The van der Waals surface area contributed by atoms with Gasteiger partial charge in [0, 0.05) is 30.7 Å². The molecule has 3 rings (SSSR count). The first-order valence-electron chi connectivity index (χ1n) is 10.1. The minimum absolute atomic E-state index is 0.0224. The predicted octanol–water partition coefficient (Wildman–Crippen LogP) is 3.05. The van der Waals surface area contributed by atoms with Gasteiger partial charge in [-0.1, -0.05) is 0 Å². The Morgan fingerprint density at radius 1 is 1.10 bits per heavy atom. The van der Waals surface area contributed by atoms with Crippen LogP contribution in [0.15, 0.2) is 12.1 Å². The van der Waals surface area contributed by atoms with Gasteiger partial charge in [-0.05, 0) is 62.6 Å². The predicted molar refractivity (Wildman–Crippen MR) is 102 cm³/mol. The molecule has 1 saturated carbocycles. The van der Waals surface area contributed by atoms with Crippen LogP contribution in [-0.4, -0.2) is 50.0 Å². The molecule has 3 unspecified atom stereocenters. The fourth-order valence-corrected chi connectivity index (χ4v) is 4.85. The number of nitrogens with zero attached hydrogens (tertiary/aromatic N) is 1. The molecule has 0 spiro atoms. The number of alkyl halides is 3. The fraction of sp³-hybridized carbons (Fsp3) is 0.684. The lowest BCUT2D eigenvalue weighted by Crippen LogP contribution is -2.49. The second-order valence-electron chi connectivity index (χ2n) is 8.29. The highest BCUT2D eigenvalue weighted by molar-refractivity contribution is 7.90. The van der Waals surface area contributed by atoms with Gasteiger partial charge in [-0.2, -0.15) is 13.2 Å². The van der Waals surface area contributed by atoms with Crippen molar-refractivity contribution in [3.05, 3.63) is 35.1 Å². The Bertz CT molecular complexity index is 891. The van der Waals surface area contributed by atoms with Crippen LogP contribution < -0.4 is 10.5 Å². The van der Waals surface area contributed by atoms with E-state index in [4.69, 9.17) is 5.73 Å². The quantitative estimate of drug-likeness (QED) is 0.427. The third-order valence-electron chi connectivity index (χ3n) is 5.94. The van der Waals surface area contributed by atoms with Gasteiger partial charge < -0.3 is 5.73 Å². The summed E-state index contributed by atoms with van der Waals surface area (Å²) in [4.78, 5) is 1.98. The number of nitrogens with one attached hydrogen (secondary N) is 1. The molecule has 1 aromatic carbocycles. The lowest BCUT2D eigenvalue weighted by atomic mass is 9.95. The van der Waals surface area contributed by atoms with Gasteiger partial charge in [0.1, 0.15) is 5.82 Å². The van der Waals surface area contributed by atoms with Crippen molar-refractivity contribution in [2.75, 3.05) is 13.1 Å². The Morgan fingerprint density at radius 3 is 2.35 bits per heavy atom. The summed E-state index contributed by atoms with van der Waals surface area (Å²) in [6, 6.07) is 0.152. The number of hydrogen-bond donors (Lipinski definition) is 2. The molecular formula is C19H25F6N3O2S. The van der Waals surface area contributed by atoms with Crippen LogP contribution in [0.2, 0.25) is 0 Å². The van der Waals surface area contributed by atoms with Gasteiger partial charge in [0.05, 0.1) is 0 Å². The van der Waals surface area contributed by atoms with E-state index in [1.54, 1.807) is 4.72 Å². The second kappa shape index (κ2) is 9.24. The Morgan fingerprint density at radius 2 is 1.74 bits per heavy atom. The maximum atomic E-state index is 13.9. The van der Waals surface area contributed by atoms with Crippen LogP contribution in [0.4, 0.5) is 26.3 Å². The van der Waals surface area contributed by atoms with Crippen LogP contribution in [0, 0.1) is 23.4 Å². The van der Waals surface area contributed by atoms with Crippen LogP contribution in [0.25, 0.3) is 0 Å². The molecule has 3 atom stereocenters. The van der Waals surface area contributed by atoms with E-state index in [1.165, 1.54) is 0 Å². The number of likely N-dealkylation sites (tertiary alicyclic amines) is 1. The van der Waals surface area contributed by atoms with Crippen molar-refractivity contribution in [1.29, 1.82) is 0 Å². The molecule has 0 bridgehead atoms. The first-order chi connectivity index (χ1) is 14.4. The molecular weight excluding hydrogens is 448 g/mol. The fourth-order valence-electron chi connectivity index (χ4n) is 4.28. The van der Waals surface area contributed by atoms with Gasteiger partial charge in [-0.3, -0.25) is 4.90 Å². The molecule has 0 aromatic heterocycles. The van der Waals surface area contributed by atoms with Gasteiger partial charge >= 0.3 is 15.5 Å². The van der Waals surface area contributed by atoms with Gasteiger partial charge in [0.2, 0.25) is 0 Å². The van der Waals surface area contributed by atoms with Crippen LogP contribution in [0.3, 0.4) is 0 Å². The van der Waals surface area contributed by atoms with E-state index >= 15 is 0 Å². The molecule has 5 nitrogen and oxygen atoms in total. The highest BCUT2D eigenvalue weighted by atomic mass is 32.2. The number of benzene rings is 1. The summed E-state index contributed by atoms with van der Waals surface area (Å²) in [5.41, 5.74) is 0.756. The minimum atomic E-state index is -5.42. The normalized spacial score (nSPS) is 22.6. The van der Waals surface area contributed by atoms with Crippen molar-refractivity contribution >= 4 is 10.0 Å². The van der Waals surface area contributed by atoms with Crippen molar-refractivity contribution in [2.45, 2.75) is 62.2 Å². The standard InChI is InChI=1S/C19H25F6N3O2S/c20-15-9-17(22)16(21)7-12(15)6-13(26)8-18(11-3-4-11)28-5-1-2-14(28)10-27-31(29,30)19(23,24)25/h7,9,11,13-14,18,27H,1-6,8,10,26H2. The third-order valence-corrected chi connectivity index (χ3v) is 7.10. The molecule has 1 heterocycles. The maximum absolute atomic E-state index is 13.9. The summed E-state index contributed by atoms with van der Waals surface area (Å²) < 4.78 is 103. The number of hydrogen-bond acceptors (Lipinski definition) is 4. The Labute approximate surface area is 177 Å². The first-order valence-corrected chi connectivity index (χ1v) is 11.6. The largest absolute Gasteiger partial charge is 0.511 e. The summed E-state index contributed by atoms with van der Waals surface area (Å²) in [6.07, 6.45) is 3.42. The molecule has 1 saturated heterocycles. The van der Waals surface area contributed by atoms with E-state index in [1.807, 2.05) is 4.90 Å². The summed E-state index contributed by atoms with van der Waals surface area (Å²) in [5, 5.41) is 0. The van der Waals surface area contributed by atoms with Gasteiger partial charge in [0.25, 0.3) is 0 Å². The average molecular weight is 473 g/mol. The molecule has 1 aliphatic heterocycles. The second-order valence-corrected chi connectivity index (χ2v) is 10.1. The highest BCUT2D eigenvalue weighted by Crippen LogP contribution is 2.40. The van der Waals surface area contributed by atoms with Gasteiger partial charge in [-0.25, -0.2) is 26.3 Å². The van der Waals surface area contributed by atoms with Crippen LogP contribution in [-0.2, 0) is 16.4 Å². The summed E-state index contributed by atoms with van der Waals surface area (Å²) in [5.74, 6) is -3.08. The van der Waals surface area contributed by atoms with Crippen molar-refractivity contribution < 1.29 is 34.8 Å². The van der Waals surface area contributed by atoms with Crippen LogP contribution >= 0.6 is 0 Å². The molecule has 0 amide bonds. The van der Waals surface area contributed by atoms with Crippen molar-refractivity contribution in [3.8, 4) is 0 Å². The van der Waals surface area contributed by atoms with E-state index in [0.29, 0.717) is 31.9 Å². The lowest BCUT2D eigenvalue weighted by Gasteiger charge is -2.35. The zero-order chi connectivity index (χ0) is 23.0. The third kappa shape index (κ3) is 5.91. The monoisotopic (exact) mass is 473 g/mol.